The fourth-order valence-corrected chi connectivity index (χ4v) is 0.781. The summed E-state index contributed by atoms with van der Waals surface area (Å²) in [5.74, 6) is 0. The Morgan fingerprint density at radius 2 is 1.27 bits per heavy atom. The van der Waals surface area contributed by atoms with Gasteiger partial charge in [-0.25, -0.2) is 0 Å². The standard InChI is InChI=1S/C6H4.C3H8O2/c1-2-6-4-3-5(1)6;1-4-3-5-2/h1-4H;3H2,1-2H3. The van der Waals surface area contributed by atoms with E-state index in [4.69, 9.17) is 0 Å². The molecule has 0 aromatic heterocycles. The molecule has 0 radical (unpaired) electrons. The molecule has 0 aromatic carbocycles. The third-order valence-electron chi connectivity index (χ3n) is 1.45. The predicted molar refractivity (Wildman–Crippen MR) is 44.3 cm³/mol. The van der Waals surface area contributed by atoms with E-state index in [0.29, 0.717) is 6.79 Å². The monoisotopic (exact) mass is 152 g/mol. The van der Waals surface area contributed by atoms with Crippen LogP contribution in [0.5, 0.6) is 0 Å². The molecule has 0 unspecified atom stereocenters. The maximum Gasteiger partial charge on any atom is 0.145 e. The number of fused-ring (bicyclic) bond motifs is 1. The zero-order chi connectivity index (χ0) is 8.10. The van der Waals surface area contributed by atoms with Crippen LogP contribution < -0.4 is 0 Å². The molecule has 0 fully saturated rings. The van der Waals surface area contributed by atoms with E-state index in [0.717, 1.165) is 0 Å². The highest BCUT2D eigenvalue weighted by molar-refractivity contribution is 5.75. The average Bonchev–Trinajstić information content (AvgIpc) is 2.00. The highest BCUT2D eigenvalue weighted by atomic mass is 16.6. The smallest absolute Gasteiger partial charge is 0.145 e. The summed E-state index contributed by atoms with van der Waals surface area (Å²) in [6, 6.07) is 8.48. The Hall–Kier alpha value is -0.860. The third-order valence-corrected chi connectivity index (χ3v) is 1.45. The topological polar surface area (TPSA) is 18.5 Å². The molecule has 2 nitrogen and oxygen atoms in total. The first-order chi connectivity index (χ1) is 5.38. The van der Waals surface area contributed by atoms with E-state index < -0.39 is 0 Å². The van der Waals surface area contributed by atoms with Crippen LogP contribution in [0.15, 0.2) is 24.3 Å². The van der Waals surface area contributed by atoms with Crippen molar-refractivity contribution in [1.82, 2.24) is 0 Å². The number of hydrogen-bond acceptors (Lipinski definition) is 2. The van der Waals surface area contributed by atoms with Crippen LogP contribution in [0.4, 0.5) is 0 Å². The molecule has 2 aliphatic rings. The molecule has 11 heavy (non-hydrogen) atoms. The van der Waals surface area contributed by atoms with Gasteiger partial charge in [-0.2, -0.15) is 0 Å². The van der Waals surface area contributed by atoms with Crippen LogP contribution >= 0.6 is 0 Å². The van der Waals surface area contributed by atoms with E-state index in [1.807, 2.05) is 0 Å². The molecule has 0 spiro atoms. The number of methoxy groups -OCH3 is 2. The molecule has 0 amide bonds. The van der Waals surface area contributed by atoms with Gasteiger partial charge in [-0.05, 0) is 11.1 Å². The Kier molecular flexibility index (Phi) is 3.08. The number of ether oxygens (including phenoxy) is 2. The van der Waals surface area contributed by atoms with Gasteiger partial charge in [0.25, 0.3) is 0 Å². The van der Waals surface area contributed by atoms with Gasteiger partial charge < -0.3 is 9.47 Å². The van der Waals surface area contributed by atoms with Crippen molar-refractivity contribution in [3.63, 3.8) is 0 Å². The van der Waals surface area contributed by atoms with Crippen LogP contribution in [0.25, 0.3) is 11.1 Å². The van der Waals surface area contributed by atoms with Crippen molar-refractivity contribution in [2.75, 3.05) is 21.0 Å². The summed E-state index contributed by atoms with van der Waals surface area (Å²) < 4.78 is 8.94. The van der Waals surface area contributed by atoms with Gasteiger partial charge in [0, 0.05) is 14.2 Å². The lowest BCUT2D eigenvalue weighted by Gasteiger charge is -2.10. The van der Waals surface area contributed by atoms with Gasteiger partial charge in [0.05, 0.1) is 0 Å². The summed E-state index contributed by atoms with van der Waals surface area (Å²) in [6.45, 7) is 0.389. The molecule has 0 aromatic rings. The van der Waals surface area contributed by atoms with E-state index in [1.165, 1.54) is 11.1 Å². The SMILES string of the molecule is COCOC.c1cc2ccc1-2. The second-order valence-electron chi connectivity index (χ2n) is 2.27. The molecule has 0 saturated carbocycles. The van der Waals surface area contributed by atoms with Gasteiger partial charge in [0.15, 0.2) is 0 Å². The minimum Gasteiger partial charge on any atom is -0.359 e. The molecule has 0 bridgehead atoms. The normalized spacial score (nSPS) is 10.0. The van der Waals surface area contributed by atoms with Crippen molar-refractivity contribution in [1.29, 1.82) is 0 Å². The van der Waals surface area contributed by atoms with Crippen molar-refractivity contribution >= 4 is 0 Å². The third kappa shape index (κ3) is 2.03. The fraction of sp³-hybridized carbons (Fsp3) is 0.333. The Labute approximate surface area is 66.8 Å². The van der Waals surface area contributed by atoms with Gasteiger partial charge in [-0.1, -0.05) is 24.3 Å². The van der Waals surface area contributed by atoms with Crippen molar-refractivity contribution < 1.29 is 9.47 Å². The van der Waals surface area contributed by atoms with Crippen LogP contribution in [0.2, 0.25) is 0 Å². The summed E-state index contributed by atoms with van der Waals surface area (Å²) in [4.78, 5) is 0. The van der Waals surface area contributed by atoms with E-state index in [-0.39, 0.29) is 0 Å². The summed E-state index contributed by atoms with van der Waals surface area (Å²) in [7, 11) is 3.17. The van der Waals surface area contributed by atoms with E-state index >= 15 is 0 Å². The van der Waals surface area contributed by atoms with Crippen LogP contribution in [0, 0.1) is 0 Å². The molecule has 2 rings (SSSR count). The van der Waals surface area contributed by atoms with Crippen LogP contribution in [0.1, 0.15) is 0 Å². The van der Waals surface area contributed by atoms with E-state index in [2.05, 4.69) is 33.7 Å². The van der Waals surface area contributed by atoms with Crippen LogP contribution in [0.3, 0.4) is 0 Å². The molecule has 2 heteroatoms. The summed E-state index contributed by atoms with van der Waals surface area (Å²) >= 11 is 0. The fourth-order valence-electron chi connectivity index (χ4n) is 0.781. The van der Waals surface area contributed by atoms with Crippen LogP contribution in [-0.2, 0) is 9.47 Å². The Morgan fingerprint density at radius 3 is 1.27 bits per heavy atom. The first-order valence-corrected chi connectivity index (χ1v) is 3.47. The second kappa shape index (κ2) is 4.11. The van der Waals surface area contributed by atoms with Crippen molar-refractivity contribution in [3.05, 3.63) is 24.3 Å². The minimum atomic E-state index is 0.389. The highest BCUT2D eigenvalue weighted by Gasteiger charge is 2.03. The first-order valence-electron chi connectivity index (χ1n) is 3.47. The van der Waals surface area contributed by atoms with Crippen LogP contribution in [-0.4, -0.2) is 21.0 Å². The minimum absolute atomic E-state index is 0.389. The molecular weight excluding hydrogens is 140 g/mol. The van der Waals surface area contributed by atoms with E-state index in [1.54, 1.807) is 14.2 Å². The largest absolute Gasteiger partial charge is 0.359 e. The van der Waals surface area contributed by atoms with Gasteiger partial charge >= 0.3 is 0 Å². The zero-order valence-electron chi connectivity index (χ0n) is 6.83. The Morgan fingerprint density at radius 1 is 0.909 bits per heavy atom. The van der Waals surface area contributed by atoms with Gasteiger partial charge in [0.1, 0.15) is 6.79 Å². The quantitative estimate of drug-likeness (QED) is 0.612. The molecule has 2 aliphatic carbocycles. The molecule has 0 N–H and O–H groups in total. The maximum absolute atomic E-state index is 4.47. The molecule has 0 saturated heterocycles. The first kappa shape index (κ1) is 8.24. The van der Waals surface area contributed by atoms with Crippen molar-refractivity contribution in [2.45, 2.75) is 0 Å². The molecule has 0 heterocycles. The molecular formula is C9H12O2. The van der Waals surface area contributed by atoms with Gasteiger partial charge in [-0.15, -0.1) is 0 Å². The molecule has 0 atom stereocenters. The number of hydrogen-bond donors (Lipinski definition) is 0. The van der Waals surface area contributed by atoms with Gasteiger partial charge in [0.2, 0.25) is 0 Å². The summed E-state index contributed by atoms with van der Waals surface area (Å²) in [6.07, 6.45) is 0. The Bertz CT molecular complexity index is 180. The molecule has 0 aliphatic heterocycles. The van der Waals surface area contributed by atoms with Crippen molar-refractivity contribution in [2.24, 2.45) is 0 Å². The lowest BCUT2D eigenvalue weighted by atomic mass is 9.95. The second-order valence-corrected chi connectivity index (χ2v) is 2.27. The number of benzene rings is 1. The van der Waals surface area contributed by atoms with Crippen molar-refractivity contribution in [3.8, 4) is 11.1 Å². The lowest BCUT2D eigenvalue weighted by Crippen LogP contribution is -1.87. The highest BCUT2D eigenvalue weighted by Crippen LogP contribution is 2.29. The summed E-state index contributed by atoms with van der Waals surface area (Å²) in [5.41, 5.74) is 2.85. The van der Waals surface area contributed by atoms with E-state index in [9.17, 15) is 0 Å². The zero-order valence-corrected chi connectivity index (χ0v) is 6.83. The summed E-state index contributed by atoms with van der Waals surface area (Å²) in [5, 5.41) is 0. The Balaban J connectivity index is 0.000000114. The van der Waals surface area contributed by atoms with Gasteiger partial charge in [-0.3, -0.25) is 0 Å². The number of rotatable bonds is 2. The predicted octanol–water partition coefficient (Wildman–Crippen LogP) is 1.90. The maximum atomic E-state index is 4.47. The average molecular weight is 152 g/mol. The molecule has 60 valence electrons. The lowest BCUT2D eigenvalue weighted by molar-refractivity contribution is -0.00271.